The van der Waals surface area contributed by atoms with Crippen LogP contribution in [0.2, 0.25) is 0 Å². The van der Waals surface area contributed by atoms with Crippen LogP contribution in [0.15, 0.2) is 5.38 Å². The zero-order chi connectivity index (χ0) is 8.43. The summed E-state index contributed by atoms with van der Waals surface area (Å²) >= 11 is 1.34. The minimum atomic E-state index is -0.335. The van der Waals surface area contributed by atoms with Crippen LogP contribution in [0.3, 0.4) is 0 Å². The molecule has 0 aliphatic heterocycles. The number of ether oxygens (including phenoxy) is 1. The predicted octanol–water partition coefficient (Wildman–Crippen LogP) is 1.56. The van der Waals surface area contributed by atoms with E-state index < -0.39 is 0 Å². The summed E-state index contributed by atoms with van der Waals surface area (Å²) in [6.07, 6.45) is 0. The van der Waals surface area contributed by atoms with Crippen LogP contribution < -0.4 is 10.5 Å². The second-order valence-corrected chi connectivity index (χ2v) is 3.06. The largest absolute Gasteiger partial charge is 0.413 e. The summed E-state index contributed by atoms with van der Waals surface area (Å²) in [7, 11) is 0. The van der Waals surface area contributed by atoms with E-state index in [-0.39, 0.29) is 5.97 Å². The Morgan fingerprint density at radius 1 is 1.73 bits per heavy atom. The van der Waals surface area contributed by atoms with Gasteiger partial charge < -0.3 is 10.5 Å². The van der Waals surface area contributed by atoms with Gasteiger partial charge in [0, 0.05) is 6.92 Å². The first-order valence-corrected chi connectivity index (χ1v) is 4.01. The molecule has 11 heavy (non-hydrogen) atoms. The van der Waals surface area contributed by atoms with Crippen molar-refractivity contribution >= 4 is 23.0 Å². The van der Waals surface area contributed by atoms with Crippen LogP contribution in [0.5, 0.6) is 5.06 Å². The first-order valence-electron chi connectivity index (χ1n) is 3.13. The summed E-state index contributed by atoms with van der Waals surface area (Å²) in [5, 5.41) is 2.35. The van der Waals surface area contributed by atoms with Crippen molar-refractivity contribution < 1.29 is 9.53 Å². The van der Waals surface area contributed by atoms with E-state index in [4.69, 9.17) is 10.5 Å². The highest BCUT2D eigenvalue weighted by Gasteiger charge is 2.07. The zero-order valence-corrected chi connectivity index (χ0v) is 7.20. The molecule has 0 amide bonds. The van der Waals surface area contributed by atoms with Crippen molar-refractivity contribution in [3.05, 3.63) is 10.9 Å². The molecule has 0 aliphatic carbocycles. The van der Waals surface area contributed by atoms with Crippen molar-refractivity contribution in [2.75, 3.05) is 5.73 Å². The van der Waals surface area contributed by atoms with Crippen molar-refractivity contribution in [3.63, 3.8) is 0 Å². The number of hydrogen-bond acceptors (Lipinski definition) is 4. The molecule has 1 aromatic heterocycles. The highest BCUT2D eigenvalue weighted by atomic mass is 32.1. The van der Waals surface area contributed by atoms with E-state index >= 15 is 0 Å². The minimum Gasteiger partial charge on any atom is -0.413 e. The smallest absolute Gasteiger partial charge is 0.308 e. The third kappa shape index (κ3) is 1.71. The number of aryl methyl sites for hydroxylation is 1. The molecule has 3 nitrogen and oxygen atoms in total. The summed E-state index contributed by atoms with van der Waals surface area (Å²) in [6.45, 7) is 3.23. The number of nitrogen functional groups attached to an aromatic ring is 1. The monoisotopic (exact) mass is 171 g/mol. The molecule has 2 N–H and O–H groups in total. The Labute approximate surface area is 68.8 Å². The molecule has 0 spiro atoms. The molecule has 0 bridgehead atoms. The van der Waals surface area contributed by atoms with E-state index in [0.717, 1.165) is 5.56 Å². The predicted molar refractivity (Wildman–Crippen MR) is 44.8 cm³/mol. The van der Waals surface area contributed by atoms with Crippen LogP contribution in [-0.2, 0) is 4.79 Å². The van der Waals surface area contributed by atoms with Gasteiger partial charge >= 0.3 is 5.97 Å². The zero-order valence-electron chi connectivity index (χ0n) is 6.38. The van der Waals surface area contributed by atoms with Gasteiger partial charge in [-0.2, -0.15) is 0 Å². The van der Waals surface area contributed by atoms with E-state index in [1.807, 2.05) is 12.3 Å². The van der Waals surface area contributed by atoms with Crippen molar-refractivity contribution in [1.82, 2.24) is 0 Å². The maximum atomic E-state index is 10.5. The number of carbonyl (C=O) groups is 1. The van der Waals surface area contributed by atoms with Crippen LogP contribution in [0.25, 0.3) is 0 Å². The number of hydrogen-bond donors (Lipinski definition) is 1. The summed E-state index contributed by atoms with van der Waals surface area (Å²) < 4.78 is 4.82. The lowest BCUT2D eigenvalue weighted by Crippen LogP contribution is -2.01. The van der Waals surface area contributed by atoms with Gasteiger partial charge in [0.15, 0.2) is 0 Å². The maximum Gasteiger partial charge on any atom is 0.308 e. The minimum absolute atomic E-state index is 0.335. The highest BCUT2D eigenvalue weighted by molar-refractivity contribution is 7.12. The van der Waals surface area contributed by atoms with E-state index in [1.165, 1.54) is 18.3 Å². The van der Waals surface area contributed by atoms with Crippen molar-refractivity contribution in [3.8, 4) is 5.06 Å². The quantitative estimate of drug-likeness (QED) is 0.652. The van der Waals surface area contributed by atoms with Gasteiger partial charge in [0.1, 0.15) is 0 Å². The summed E-state index contributed by atoms with van der Waals surface area (Å²) in [5.74, 6) is -0.335. The molecule has 60 valence electrons. The molecule has 0 unspecified atom stereocenters. The molecule has 0 fully saturated rings. The molecule has 1 aromatic rings. The standard InChI is InChI=1S/C7H9NO2S/c1-4-3-11-7(6(4)8)10-5(2)9/h3H,8H2,1-2H3. The van der Waals surface area contributed by atoms with Crippen molar-refractivity contribution in [2.24, 2.45) is 0 Å². The van der Waals surface area contributed by atoms with E-state index in [1.54, 1.807) is 0 Å². The fourth-order valence-corrected chi connectivity index (χ4v) is 1.50. The topological polar surface area (TPSA) is 52.3 Å². The third-order valence-electron chi connectivity index (χ3n) is 1.22. The fraction of sp³-hybridized carbons (Fsp3) is 0.286. The summed E-state index contributed by atoms with van der Waals surface area (Å²) in [5.41, 5.74) is 7.09. The molecule has 0 aliphatic rings. The number of esters is 1. The Bertz CT molecular complexity index is 280. The average Bonchev–Trinajstić information content (AvgIpc) is 2.18. The van der Waals surface area contributed by atoms with Crippen LogP contribution in [-0.4, -0.2) is 5.97 Å². The van der Waals surface area contributed by atoms with Gasteiger partial charge in [-0.1, -0.05) is 0 Å². The van der Waals surface area contributed by atoms with Gasteiger partial charge in [-0.15, -0.1) is 11.3 Å². The molecule has 1 rings (SSSR count). The van der Waals surface area contributed by atoms with Gasteiger partial charge in [-0.3, -0.25) is 4.79 Å². The third-order valence-corrected chi connectivity index (χ3v) is 2.21. The summed E-state index contributed by atoms with van der Waals surface area (Å²) in [6, 6.07) is 0. The van der Waals surface area contributed by atoms with E-state index in [9.17, 15) is 4.79 Å². The van der Waals surface area contributed by atoms with Gasteiger partial charge in [0.05, 0.1) is 5.69 Å². The maximum absolute atomic E-state index is 10.5. The molecule has 1 heterocycles. The SMILES string of the molecule is CC(=O)Oc1scc(C)c1N. The number of anilines is 1. The molecule has 0 aromatic carbocycles. The first kappa shape index (κ1) is 8.07. The lowest BCUT2D eigenvalue weighted by atomic mass is 10.3. The van der Waals surface area contributed by atoms with Gasteiger partial charge in [-0.05, 0) is 17.9 Å². The Morgan fingerprint density at radius 2 is 2.36 bits per heavy atom. The number of carbonyl (C=O) groups excluding carboxylic acids is 1. The molecule has 0 saturated carbocycles. The first-order chi connectivity index (χ1) is 5.11. The van der Waals surface area contributed by atoms with Crippen LogP contribution in [0.4, 0.5) is 5.69 Å². The molecule has 0 atom stereocenters. The molecular formula is C7H9NO2S. The fourth-order valence-electron chi connectivity index (χ4n) is 0.639. The van der Waals surface area contributed by atoms with Crippen molar-refractivity contribution in [2.45, 2.75) is 13.8 Å². The van der Waals surface area contributed by atoms with Crippen LogP contribution in [0.1, 0.15) is 12.5 Å². The number of nitrogens with two attached hydrogens (primary N) is 1. The lowest BCUT2D eigenvalue weighted by Gasteiger charge is -1.97. The average molecular weight is 171 g/mol. The second kappa shape index (κ2) is 2.92. The molecule has 4 heteroatoms. The number of thiophene rings is 1. The normalized spacial score (nSPS) is 9.64. The summed E-state index contributed by atoms with van der Waals surface area (Å²) in [4.78, 5) is 10.5. The van der Waals surface area contributed by atoms with E-state index in [0.29, 0.717) is 10.8 Å². The Hall–Kier alpha value is -1.03. The molecule has 0 radical (unpaired) electrons. The number of rotatable bonds is 1. The highest BCUT2D eigenvalue weighted by Crippen LogP contribution is 2.32. The van der Waals surface area contributed by atoms with Gasteiger partial charge in [-0.25, -0.2) is 0 Å². The van der Waals surface area contributed by atoms with E-state index in [2.05, 4.69) is 0 Å². The second-order valence-electron chi connectivity index (χ2n) is 2.21. The van der Waals surface area contributed by atoms with Crippen LogP contribution in [0, 0.1) is 6.92 Å². The Balaban J connectivity index is 2.87. The molecular weight excluding hydrogens is 162 g/mol. The van der Waals surface area contributed by atoms with Crippen LogP contribution >= 0.6 is 11.3 Å². The lowest BCUT2D eigenvalue weighted by molar-refractivity contribution is -0.131. The van der Waals surface area contributed by atoms with Gasteiger partial charge in [0.25, 0.3) is 0 Å². The Kier molecular flexibility index (Phi) is 2.14. The van der Waals surface area contributed by atoms with Gasteiger partial charge in [0.2, 0.25) is 5.06 Å². The molecule has 0 saturated heterocycles. The van der Waals surface area contributed by atoms with Crippen molar-refractivity contribution in [1.29, 1.82) is 0 Å². The Morgan fingerprint density at radius 3 is 2.73 bits per heavy atom.